The smallest absolute Gasteiger partial charge is 0.267 e. The number of thiophene rings is 1. The van der Waals surface area contributed by atoms with Crippen molar-refractivity contribution in [3.05, 3.63) is 56.3 Å². The SMILES string of the molecule is O=C(Nc1cccc(Cl)c1N1CCCCC1)c1sc2cc(Cl)ccc2c1Cl. The summed E-state index contributed by atoms with van der Waals surface area (Å²) >= 11 is 20.3. The Morgan fingerprint density at radius 3 is 2.59 bits per heavy atom. The Labute approximate surface area is 176 Å². The monoisotopic (exact) mass is 438 g/mol. The largest absolute Gasteiger partial charge is 0.369 e. The molecule has 1 saturated heterocycles. The lowest BCUT2D eigenvalue weighted by Gasteiger charge is -2.31. The third-order valence-electron chi connectivity index (χ3n) is 4.71. The van der Waals surface area contributed by atoms with E-state index < -0.39 is 0 Å². The molecule has 2 heterocycles. The van der Waals surface area contributed by atoms with Crippen LogP contribution >= 0.6 is 46.1 Å². The second-order valence-electron chi connectivity index (χ2n) is 6.52. The lowest BCUT2D eigenvalue weighted by molar-refractivity contribution is 0.103. The number of carbonyl (C=O) groups is 1. The number of carbonyl (C=O) groups excluding carboxylic acids is 1. The Hall–Kier alpha value is -1.46. The van der Waals surface area contributed by atoms with E-state index in [1.165, 1.54) is 17.8 Å². The number of amides is 1. The fraction of sp³-hybridized carbons (Fsp3) is 0.250. The summed E-state index contributed by atoms with van der Waals surface area (Å²) in [5.74, 6) is -0.238. The average Bonchev–Trinajstić information content (AvgIpc) is 2.98. The first-order valence-corrected chi connectivity index (χ1v) is 10.7. The number of benzene rings is 2. The molecule has 0 saturated carbocycles. The van der Waals surface area contributed by atoms with Crippen LogP contribution in [-0.4, -0.2) is 19.0 Å². The number of nitrogens with one attached hydrogen (secondary N) is 1. The highest BCUT2D eigenvalue weighted by Gasteiger charge is 2.22. The van der Waals surface area contributed by atoms with Gasteiger partial charge in [0.05, 0.1) is 21.4 Å². The van der Waals surface area contributed by atoms with Crippen LogP contribution in [0.1, 0.15) is 28.9 Å². The number of piperidine rings is 1. The van der Waals surface area contributed by atoms with E-state index in [4.69, 9.17) is 34.8 Å². The van der Waals surface area contributed by atoms with Gasteiger partial charge in [0, 0.05) is 28.2 Å². The first-order chi connectivity index (χ1) is 13.0. The molecule has 1 N–H and O–H groups in total. The van der Waals surface area contributed by atoms with Crippen LogP contribution in [0.15, 0.2) is 36.4 Å². The predicted molar refractivity (Wildman–Crippen MR) is 117 cm³/mol. The van der Waals surface area contributed by atoms with Gasteiger partial charge in [0.2, 0.25) is 0 Å². The standard InChI is InChI=1S/C20H17Cl3N2OS/c21-12-7-8-13-16(11-12)27-19(17(13)23)20(26)24-15-6-4-5-14(22)18(15)25-9-2-1-3-10-25/h4-8,11H,1-3,9-10H2,(H,24,26). The zero-order chi connectivity index (χ0) is 19.0. The lowest BCUT2D eigenvalue weighted by Crippen LogP contribution is -2.30. The summed E-state index contributed by atoms with van der Waals surface area (Å²) < 4.78 is 0.889. The molecular weight excluding hydrogens is 423 g/mol. The quantitative estimate of drug-likeness (QED) is 0.472. The maximum absolute atomic E-state index is 13.0. The number of halogens is 3. The number of fused-ring (bicyclic) bond motifs is 1. The van der Waals surface area contributed by atoms with Gasteiger partial charge < -0.3 is 10.2 Å². The highest BCUT2D eigenvalue weighted by atomic mass is 35.5. The van der Waals surface area contributed by atoms with E-state index in [1.807, 2.05) is 30.3 Å². The maximum atomic E-state index is 13.0. The van der Waals surface area contributed by atoms with Crippen molar-refractivity contribution < 1.29 is 4.79 Å². The van der Waals surface area contributed by atoms with Gasteiger partial charge in [-0.15, -0.1) is 11.3 Å². The molecule has 3 aromatic rings. The zero-order valence-corrected chi connectivity index (χ0v) is 17.5. The minimum absolute atomic E-state index is 0.238. The van der Waals surface area contributed by atoms with Gasteiger partial charge in [-0.3, -0.25) is 4.79 Å². The number of anilines is 2. The van der Waals surface area contributed by atoms with Crippen molar-refractivity contribution in [3.63, 3.8) is 0 Å². The van der Waals surface area contributed by atoms with E-state index >= 15 is 0 Å². The molecule has 7 heteroatoms. The van der Waals surface area contributed by atoms with E-state index in [9.17, 15) is 4.79 Å². The van der Waals surface area contributed by atoms with Gasteiger partial charge in [0.15, 0.2) is 0 Å². The molecule has 0 aliphatic carbocycles. The summed E-state index contributed by atoms with van der Waals surface area (Å²) in [7, 11) is 0. The molecule has 1 aliphatic heterocycles. The molecule has 1 aliphatic rings. The van der Waals surface area contributed by atoms with Crippen LogP contribution in [0.2, 0.25) is 15.1 Å². The molecule has 140 valence electrons. The van der Waals surface area contributed by atoms with Crippen LogP contribution in [-0.2, 0) is 0 Å². The van der Waals surface area contributed by atoms with Gasteiger partial charge >= 0.3 is 0 Å². The summed E-state index contributed by atoms with van der Waals surface area (Å²) in [6, 6.07) is 11.0. The fourth-order valence-corrected chi connectivity index (χ4v) is 5.40. The number of hydrogen-bond acceptors (Lipinski definition) is 3. The van der Waals surface area contributed by atoms with E-state index in [1.54, 1.807) is 6.07 Å². The molecule has 0 spiro atoms. The van der Waals surface area contributed by atoms with Crippen molar-refractivity contribution in [1.29, 1.82) is 0 Å². The number of hydrogen-bond donors (Lipinski definition) is 1. The number of nitrogens with zero attached hydrogens (tertiary/aromatic N) is 1. The Balaban J connectivity index is 1.67. The first kappa shape index (κ1) is 18.9. The zero-order valence-electron chi connectivity index (χ0n) is 14.4. The highest BCUT2D eigenvalue weighted by Crippen LogP contribution is 2.39. The Morgan fingerprint density at radius 1 is 1.04 bits per heavy atom. The highest BCUT2D eigenvalue weighted by molar-refractivity contribution is 7.21. The normalized spacial score (nSPS) is 14.6. The van der Waals surface area contributed by atoms with Crippen molar-refractivity contribution in [3.8, 4) is 0 Å². The maximum Gasteiger partial charge on any atom is 0.267 e. The summed E-state index contributed by atoms with van der Waals surface area (Å²) in [6.45, 7) is 1.88. The molecule has 1 amide bonds. The average molecular weight is 440 g/mol. The molecule has 0 bridgehead atoms. The summed E-state index contributed by atoms with van der Waals surface area (Å²) in [4.78, 5) is 15.7. The molecule has 1 aromatic heterocycles. The topological polar surface area (TPSA) is 32.3 Å². The fourth-order valence-electron chi connectivity index (χ4n) is 3.42. The Bertz CT molecular complexity index is 1010. The summed E-state index contributed by atoms with van der Waals surface area (Å²) in [5.41, 5.74) is 1.59. The number of para-hydroxylation sites is 1. The van der Waals surface area contributed by atoms with Crippen LogP contribution in [0.4, 0.5) is 11.4 Å². The van der Waals surface area contributed by atoms with E-state index in [-0.39, 0.29) is 5.91 Å². The van der Waals surface area contributed by atoms with Crippen LogP contribution < -0.4 is 10.2 Å². The van der Waals surface area contributed by atoms with Crippen molar-refractivity contribution in [2.75, 3.05) is 23.3 Å². The lowest BCUT2D eigenvalue weighted by atomic mass is 10.1. The van der Waals surface area contributed by atoms with E-state index in [0.717, 1.165) is 41.7 Å². The molecular formula is C20H17Cl3N2OS. The van der Waals surface area contributed by atoms with Crippen molar-refractivity contribution in [2.45, 2.75) is 19.3 Å². The first-order valence-electron chi connectivity index (χ1n) is 8.77. The van der Waals surface area contributed by atoms with Gasteiger partial charge in [-0.1, -0.05) is 46.9 Å². The van der Waals surface area contributed by atoms with E-state index in [0.29, 0.717) is 25.6 Å². The third kappa shape index (κ3) is 3.77. The molecule has 27 heavy (non-hydrogen) atoms. The van der Waals surface area contributed by atoms with Crippen LogP contribution in [0.3, 0.4) is 0 Å². The Morgan fingerprint density at radius 2 is 1.81 bits per heavy atom. The predicted octanol–water partition coefficient (Wildman–Crippen LogP) is 7.10. The molecule has 3 nitrogen and oxygen atoms in total. The van der Waals surface area contributed by atoms with Gasteiger partial charge in [0.1, 0.15) is 4.88 Å². The molecule has 1 fully saturated rings. The van der Waals surface area contributed by atoms with Gasteiger partial charge in [0.25, 0.3) is 5.91 Å². The molecule has 0 radical (unpaired) electrons. The third-order valence-corrected chi connectivity index (χ3v) is 6.90. The van der Waals surface area contributed by atoms with Gasteiger partial charge in [-0.25, -0.2) is 0 Å². The van der Waals surface area contributed by atoms with Crippen LogP contribution in [0.25, 0.3) is 10.1 Å². The molecule has 4 rings (SSSR count). The molecule has 0 unspecified atom stereocenters. The minimum Gasteiger partial charge on any atom is -0.369 e. The van der Waals surface area contributed by atoms with Crippen molar-refractivity contribution >= 4 is 73.5 Å². The second kappa shape index (κ2) is 7.88. The number of rotatable bonds is 3. The van der Waals surface area contributed by atoms with Crippen molar-refractivity contribution in [2.24, 2.45) is 0 Å². The van der Waals surface area contributed by atoms with Gasteiger partial charge in [-0.2, -0.15) is 0 Å². The van der Waals surface area contributed by atoms with Crippen LogP contribution in [0.5, 0.6) is 0 Å². The summed E-state index contributed by atoms with van der Waals surface area (Å²) in [6.07, 6.45) is 3.48. The van der Waals surface area contributed by atoms with Gasteiger partial charge in [-0.05, 0) is 43.5 Å². The van der Waals surface area contributed by atoms with Crippen LogP contribution in [0, 0.1) is 0 Å². The molecule has 0 atom stereocenters. The summed E-state index contributed by atoms with van der Waals surface area (Å²) in [5, 5.41) is 5.55. The minimum atomic E-state index is -0.238. The Kier molecular flexibility index (Phi) is 5.51. The molecule has 2 aromatic carbocycles. The van der Waals surface area contributed by atoms with Crippen molar-refractivity contribution in [1.82, 2.24) is 0 Å². The second-order valence-corrected chi connectivity index (χ2v) is 8.80. The van der Waals surface area contributed by atoms with E-state index in [2.05, 4.69) is 10.2 Å².